The van der Waals surface area contributed by atoms with Crippen LogP contribution in [0, 0.1) is 13.8 Å². The number of methoxy groups -OCH3 is 1. The molecule has 0 aromatic carbocycles. The number of pyridine rings is 1. The van der Waals surface area contributed by atoms with Gasteiger partial charge in [0.05, 0.1) is 23.5 Å². The van der Waals surface area contributed by atoms with Gasteiger partial charge in [0.1, 0.15) is 11.9 Å². The molecular weight excluding hydrogens is 450 g/mol. The Morgan fingerprint density at radius 2 is 1.74 bits per heavy atom. The number of likely N-dealkylation sites (tertiary alicyclic amines) is 1. The number of aromatic amines is 1. The third-order valence-electron chi connectivity index (χ3n) is 6.57. The molecule has 0 bridgehead atoms. The van der Waals surface area contributed by atoms with E-state index >= 15 is 0 Å². The molecule has 4 rings (SSSR count). The van der Waals surface area contributed by atoms with Crippen LogP contribution in [0.15, 0.2) is 12.1 Å². The molecule has 0 unspecified atom stereocenters. The number of anilines is 1. The molecular formula is C25H37N5O5. The molecule has 1 amide bonds. The van der Waals surface area contributed by atoms with E-state index in [1.54, 1.807) is 12.0 Å². The summed E-state index contributed by atoms with van der Waals surface area (Å²) >= 11 is 0. The van der Waals surface area contributed by atoms with Gasteiger partial charge in [-0.15, -0.1) is 5.10 Å². The summed E-state index contributed by atoms with van der Waals surface area (Å²) in [6.45, 7) is 10.6. The minimum Gasteiger partial charge on any atom is -0.473 e. The summed E-state index contributed by atoms with van der Waals surface area (Å²) in [7, 11) is 1.78. The minimum atomic E-state index is -0.264. The monoisotopic (exact) mass is 487 g/mol. The fourth-order valence-corrected chi connectivity index (χ4v) is 4.42. The number of hydrogen-bond acceptors (Lipinski definition) is 8. The molecule has 2 aliphatic heterocycles. The Balaban J connectivity index is 1.32. The Labute approximate surface area is 206 Å². The number of carbonyl (C=O) groups is 1. The predicted molar refractivity (Wildman–Crippen MR) is 131 cm³/mol. The lowest BCUT2D eigenvalue weighted by Crippen LogP contribution is -2.42. The highest BCUT2D eigenvalue weighted by Crippen LogP contribution is 2.32. The van der Waals surface area contributed by atoms with E-state index in [-0.39, 0.29) is 18.3 Å². The van der Waals surface area contributed by atoms with Crippen molar-refractivity contribution >= 4 is 11.9 Å². The third-order valence-corrected chi connectivity index (χ3v) is 6.57. The van der Waals surface area contributed by atoms with E-state index in [1.165, 1.54) is 0 Å². The Hall–Kier alpha value is -3.01. The largest absolute Gasteiger partial charge is 0.473 e. The first-order valence-corrected chi connectivity index (χ1v) is 12.4. The molecule has 2 aromatic rings. The lowest BCUT2D eigenvalue weighted by Gasteiger charge is -2.32. The molecule has 0 radical (unpaired) electrons. The van der Waals surface area contributed by atoms with Crippen LogP contribution in [0.25, 0.3) is 0 Å². The fraction of sp³-hybridized carbons (Fsp3) is 0.640. The van der Waals surface area contributed by atoms with Crippen LogP contribution < -0.4 is 14.4 Å². The second-order valence-corrected chi connectivity index (χ2v) is 9.50. The van der Waals surface area contributed by atoms with E-state index in [4.69, 9.17) is 23.9 Å². The molecule has 2 fully saturated rings. The number of aryl methyl sites for hydroxylation is 1. The average molecular weight is 488 g/mol. The number of H-pyrrole nitrogens is 1. The number of hydrogen-bond donors (Lipinski definition) is 1. The van der Waals surface area contributed by atoms with Gasteiger partial charge >= 0.3 is 6.09 Å². The van der Waals surface area contributed by atoms with Crippen LogP contribution in [0.3, 0.4) is 0 Å². The maximum atomic E-state index is 12.1. The van der Waals surface area contributed by atoms with Crippen LogP contribution in [-0.4, -0.2) is 77.8 Å². The smallest absolute Gasteiger partial charge is 0.410 e. The summed E-state index contributed by atoms with van der Waals surface area (Å²) in [5.41, 5.74) is 1.62. The second-order valence-electron chi connectivity index (χ2n) is 9.50. The molecule has 1 N–H and O–H groups in total. The van der Waals surface area contributed by atoms with Crippen LogP contribution in [0.5, 0.6) is 17.5 Å². The van der Waals surface area contributed by atoms with Gasteiger partial charge in [0.15, 0.2) is 5.75 Å². The summed E-state index contributed by atoms with van der Waals surface area (Å²) in [5.74, 6) is 2.69. The van der Waals surface area contributed by atoms with E-state index in [9.17, 15) is 4.79 Å². The van der Waals surface area contributed by atoms with Crippen molar-refractivity contribution in [3.05, 3.63) is 23.4 Å². The number of piperidine rings is 2. The third kappa shape index (κ3) is 6.17. The van der Waals surface area contributed by atoms with Gasteiger partial charge < -0.3 is 28.7 Å². The van der Waals surface area contributed by atoms with Gasteiger partial charge in [-0.1, -0.05) is 0 Å². The molecule has 0 saturated carbocycles. The molecule has 35 heavy (non-hydrogen) atoms. The molecule has 2 saturated heterocycles. The van der Waals surface area contributed by atoms with Gasteiger partial charge in [-0.3, -0.25) is 0 Å². The van der Waals surface area contributed by atoms with E-state index < -0.39 is 0 Å². The van der Waals surface area contributed by atoms with Crippen molar-refractivity contribution in [2.45, 2.75) is 71.7 Å². The van der Waals surface area contributed by atoms with Gasteiger partial charge in [0.2, 0.25) is 11.8 Å². The first kappa shape index (κ1) is 25.1. The zero-order valence-electron chi connectivity index (χ0n) is 21.4. The van der Waals surface area contributed by atoms with Crippen molar-refractivity contribution in [2.24, 2.45) is 0 Å². The van der Waals surface area contributed by atoms with Gasteiger partial charge in [-0.2, -0.15) is 0 Å². The van der Waals surface area contributed by atoms with Crippen LogP contribution >= 0.6 is 0 Å². The SMILES string of the molecule is COC1CCN(c2ccc(Oc3[nH]nc(OC4CCN(C(=O)OC(C)C)CC4)c3C)c(C)n2)CC1. The van der Waals surface area contributed by atoms with Gasteiger partial charge in [0.25, 0.3) is 0 Å². The summed E-state index contributed by atoms with van der Waals surface area (Å²) in [4.78, 5) is 20.9. The number of ether oxygens (including phenoxy) is 4. The zero-order valence-corrected chi connectivity index (χ0v) is 21.4. The molecule has 192 valence electrons. The van der Waals surface area contributed by atoms with Crippen LogP contribution in [0.4, 0.5) is 10.6 Å². The van der Waals surface area contributed by atoms with Gasteiger partial charge in [0, 0.05) is 46.1 Å². The number of rotatable bonds is 7. The molecule has 2 aromatic heterocycles. The number of nitrogens with zero attached hydrogens (tertiary/aromatic N) is 4. The normalized spacial score (nSPS) is 17.7. The second kappa shape index (κ2) is 11.2. The highest BCUT2D eigenvalue weighted by atomic mass is 16.6. The molecule has 10 heteroatoms. The summed E-state index contributed by atoms with van der Waals surface area (Å²) < 4.78 is 23.0. The molecule has 0 aliphatic carbocycles. The molecule has 4 heterocycles. The molecule has 0 atom stereocenters. The van der Waals surface area contributed by atoms with Crippen LogP contribution in [0.2, 0.25) is 0 Å². The Morgan fingerprint density at radius 3 is 2.37 bits per heavy atom. The number of nitrogens with one attached hydrogen (secondary N) is 1. The van der Waals surface area contributed by atoms with Crippen molar-refractivity contribution in [1.82, 2.24) is 20.1 Å². The summed E-state index contributed by atoms with van der Waals surface area (Å²) in [6.07, 6.45) is 3.40. The van der Waals surface area contributed by atoms with Crippen molar-refractivity contribution in [3.8, 4) is 17.5 Å². The highest BCUT2D eigenvalue weighted by Gasteiger charge is 2.27. The molecule has 2 aliphatic rings. The van der Waals surface area contributed by atoms with Crippen LogP contribution in [-0.2, 0) is 9.47 Å². The van der Waals surface area contributed by atoms with Crippen molar-refractivity contribution < 1.29 is 23.7 Å². The summed E-state index contributed by atoms with van der Waals surface area (Å²) in [6, 6.07) is 3.95. The number of amides is 1. The minimum absolute atomic E-state index is 0.0158. The first-order valence-electron chi connectivity index (χ1n) is 12.4. The standard InChI is InChI=1S/C25H37N5O5/c1-16(2)33-25(31)30-14-10-20(11-15-30)34-23-17(3)24(28-27-23)35-21-6-7-22(26-18(21)4)29-12-8-19(32-5)9-13-29/h6-7,16,19-20H,8-15H2,1-5H3,(H,27,28). The van der Waals surface area contributed by atoms with Crippen molar-refractivity contribution in [3.63, 3.8) is 0 Å². The predicted octanol–water partition coefficient (Wildman–Crippen LogP) is 4.22. The van der Waals surface area contributed by atoms with E-state index in [1.807, 2.05) is 39.8 Å². The Bertz CT molecular complexity index is 994. The number of aromatic nitrogens is 3. The van der Waals surface area contributed by atoms with E-state index in [2.05, 4.69) is 15.1 Å². The molecule has 10 nitrogen and oxygen atoms in total. The average Bonchev–Trinajstić information content (AvgIpc) is 3.19. The quantitative estimate of drug-likeness (QED) is 0.619. The topological polar surface area (TPSA) is 102 Å². The first-order chi connectivity index (χ1) is 16.8. The Kier molecular flexibility index (Phi) is 8.00. The highest BCUT2D eigenvalue weighted by molar-refractivity contribution is 5.67. The van der Waals surface area contributed by atoms with Crippen LogP contribution in [0.1, 0.15) is 50.8 Å². The molecule has 0 spiro atoms. The van der Waals surface area contributed by atoms with Crippen molar-refractivity contribution in [2.75, 3.05) is 38.2 Å². The van der Waals surface area contributed by atoms with Gasteiger partial charge in [-0.05, 0) is 52.7 Å². The van der Waals surface area contributed by atoms with Gasteiger partial charge in [-0.25, -0.2) is 14.9 Å². The van der Waals surface area contributed by atoms with Crippen molar-refractivity contribution in [1.29, 1.82) is 0 Å². The lowest BCUT2D eigenvalue weighted by molar-refractivity contribution is 0.0505. The maximum absolute atomic E-state index is 12.1. The van der Waals surface area contributed by atoms with E-state index in [0.29, 0.717) is 36.7 Å². The van der Waals surface area contributed by atoms with E-state index in [0.717, 1.165) is 55.8 Å². The Morgan fingerprint density at radius 1 is 1.06 bits per heavy atom. The summed E-state index contributed by atoms with van der Waals surface area (Å²) in [5, 5.41) is 7.26. The lowest BCUT2D eigenvalue weighted by atomic mass is 10.1. The number of carbonyl (C=O) groups excluding carboxylic acids is 1. The maximum Gasteiger partial charge on any atom is 0.410 e. The zero-order chi connectivity index (χ0) is 24.9. The fourth-order valence-electron chi connectivity index (χ4n) is 4.42.